The SMILES string of the molecule is COC(=O)c1ccc(C(=O)N2CCCC(F)C2)cc1. The number of hydrogen-bond acceptors (Lipinski definition) is 3. The van der Waals surface area contributed by atoms with E-state index in [0.29, 0.717) is 30.5 Å². The normalized spacial score (nSPS) is 19.1. The molecule has 1 aliphatic heterocycles. The Hall–Kier alpha value is -1.91. The first-order valence-electron chi connectivity index (χ1n) is 6.23. The van der Waals surface area contributed by atoms with Gasteiger partial charge in [0.05, 0.1) is 19.2 Å². The average Bonchev–Trinajstić information content (AvgIpc) is 2.46. The third kappa shape index (κ3) is 3.10. The Bertz CT molecular complexity index is 472. The molecule has 1 aromatic carbocycles. The zero-order valence-electron chi connectivity index (χ0n) is 10.8. The maximum Gasteiger partial charge on any atom is 0.337 e. The van der Waals surface area contributed by atoms with Crippen molar-refractivity contribution >= 4 is 11.9 Å². The van der Waals surface area contributed by atoms with Crippen LogP contribution in [-0.4, -0.2) is 43.1 Å². The zero-order chi connectivity index (χ0) is 13.8. The first-order chi connectivity index (χ1) is 9.11. The molecule has 1 atom stereocenters. The number of alkyl halides is 1. The van der Waals surface area contributed by atoms with Crippen molar-refractivity contribution in [2.45, 2.75) is 19.0 Å². The van der Waals surface area contributed by atoms with Crippen molar-refractivity contribution in [3.05, 3.63) is 35.4 Å². The fourth-order valence-corrected chi connectivity index (χ4v) is 2.16. The summed E-state index contributed by atoms with van der Waals surface area (Å²) >= 11 is 0. The monoisotopic (exact) mass is 265 g/mol. The van der Waals surface area contributed by atoms with Crippen molar-refractivity contribution in [2.75, 3.05) is 20.2 Å². The van der Waals surface area contributed by atoms with Gasteiger partial charge in [-0.1, -0.05) is 0 Å². The molecular formula is C14H16FNO3. The van der Waals surface area contributed by atoms with Crippen molar-refractivity contribution in [3.63, 3.8) is 0 Å². The van der Waals surface area contributed by atoms with Crippen LogP contribution in [0.4, 0.5) is 4.39 Å². The van der Waals surface area contributed by atoms with Gasteiger partial charge in [0.15, 0.2) is 0 Å². The number of esters is 1. The van der Waals surface area contributed by atoms with Crippen molar-refractivity contribution < 1.29 is 18.7 Å². The summed E-state index contributed by atoms with van der Waals surface area (Å²) in [7, 11) is 1.30. The molecule has 1 unspecified atom stereocenters. The second kappa shape index (κ2) is 5.82. The molecule has 1 saturated heterocycles. The van der Waals surface area contributed by atoms with Gasteiger partial charge >= 0.3 is 5.97 Å². The summed E-state index contributed by atoms with van der Waals surface area (Å²) in [6.45, 7) is 0.732. The Labute approximate surface area is 111 Å². The minimum absolute atomic E-state index is 0.150. The highest BCUT2D eigenvalue weighted by atomic mass is 19.1. The minimum Gasteiger partial charge on any atom is -0.465 e. The molecule has 0 saturated carbocycles. The summed E-state index contributed by atoms with van der Waals surface area (Å²) in [5.41, 5.74) is 0.850. The van der Waals surface area contributed by atoms with Gasteiger partial charge in [0, 0.05) is 12.1 Å². The summed E-state index contributed by atoms with van der Waals surface area (Å²) in [6, 6.07) is 6.21. The van der Waals surface area contributed by atoms with Gasteiger partial charge < -0.3 is 9.64 Å². The van der Waals surface area contributed by atoms with Crippen molar-refractivity contribution in [1.29, 1.82) is 0 Å². The van der Waals surface area contributed by atoms with Crippen LogP contribution in [0.2, 0.25) is 0 Å². The topological polar surface area (TPSA) is 46.6 Å². The summed E-state index contributed by atoms with van der Waals surface area (Å²) < 4.78 is 17.9. The van der Waals surface area contributed by atoms with Crippen LogP contribution >= 0.6 is 0 Å². The molecule has 0 N–H and O–H groups in total. The molecule has 1 amide bonds. The van der Waals surface area contributed by atoms with E-state index in [0.717, 1.165) is 0 Å². The second-order valence-corrected chi connectivity index (χ2v) is 4.56. The number of benzene rings is 1. The Morgan fingerprint density at radius 2 is 1.89 bits per heavy atom. The zero-order valence-corrected chi connectivity index (χ0v) is 10.8. The van der Waals surface area contributed by atoms with Gasteiger partial charge in [-0.3, -0.25) is 4.79 Å². The van der Waals surface area contributed by atoms with Gasteiger partial charge in [0.2, 0.25) is 0 Å². The molecule has 5 heteroatoms. The summed E-state index contributed by atoms with van der Waals surface area (Å²) in [5.74, 6) is -0.639. The quantitative estimate of drug-likeness (QED) is 0.769. The molecule has 0 aromatic heterocycles. The summed E-state index contributed by atoms with van der Waals surface area (Å²) in [4.78, 5) is 24.9. The lowest BCUT2D eigenvalue weighted by Crippen LogP contribution is -2.40. The predicted octanol–water partition coefficient (Wildman–Crippen LogP) is 2.05. The molecule has 4 nitrogen and oxygen atoms in total. The number of likely N-dealkylation sites (tertiary alicyclic amines) is 1. The van der Waals surface area contributed by atoms with Gasteiger partial charge in [-0.05, 0) is 37.1 Å². The van der Waals surface area contributed by atoms with E-state index < -0.39 is 12.1 Å². The Morgan fingerprint density at radius 3 is 2.47 bits per heavy atom. The highest BCUT2D eigenvalue weighted by Gasteiger charge is 2.24. The van der Waals surface area contributed by atoms with E-state index in [4.69, 9.17) is 0 Å². The Kier molecular flexibility index (Phi) is 4.14. The van der Waals surface area contributed by atoms with Crippen molar-refractivity contribution in [2.24, 2.45) is 0 Å². The van der Waals surface area contributed by atoms with Crippen LogP contribution < -0.4 is 0 Å². The van der Waals surface area contributed by atoms with Crippen molar-refractivity contribution in [1.82, 2.24) is 4.90 Å². The number of carbonyl (C=O) groups is 2. The molecular weight excluding hydrogens is 249 g/mol. The average molecular weight is 265 g/mol. The number of methoxy groups -OCH3 is 1. The number of nitrogens with zero attached hydrogens (tertiary/aromatic N) is 1. The molecule has 0 aliphatic carbocycles. The smallest absolute Gasteiger partial charge is 0.337 e. The fraction of sp³-hybridized carbons (Fsp3) is 0.429. The van der Waals surface area contributed by atoms with E-state index in [-0.39, 0.29) is 12.5 Å². The summed E-state index contributed by atoms with van der Waals surface area (Å²) in [6.07, 6.45) is 0.269. The predicted molar refractivity (Wildman–Crippen MR) is 67.8 cm³/mol. The maximum atomic E-state index is 13.3. The van der Waals surface area contributed by atoms with Crippen LogP contribution in [0.25, 0.3) is 0 Å². The van der Waals surface area contributed by atoms with Crippen LogP contribution in [0.15, 0.2) is 24.3 Å². The maximum absolute atomic E-state index is 13.3. The number of halogens is 1. The fourth-order valence-electron chi connectivity index (χ4n) is 2.16. The lowest BCUT2D eigenvalue weighted by atomic mass is 10.1. The second-order valence-electron chi connectivity index (χ2n) is 4.56. The van der Waals surface area contributed by atoms with Gasteiger partial charge in [-0.2, -0.15) is 0 Å². The van der Waals surface area contributed by atoms with Crippen LogP contribution in [0.5, 0.6) is 0 Å². The van der Waals surface area contributed by atoms with Gasteiger partial charge in [0.25, 0.3) is 5.91 Å². The number of piperidine rings is 1. The number of ether oxygens (including phenoxy) is 1. The molecule has 0 spiro atoms. The van der Waals surface area contributed by atoms with Crippen LogP contribution in [-0.2, 0) is 4.74 Å². The molecule has 19 heavy (non-hydrogen) atoms. The van der Waals surface area contributed by atoms with Crippen LogP contribution in [0.1, 0.15) is 33.6 Å². The number of carbonyl (C=O) groups excluding carboxylic acids is 2. The third-order valence-corrected chi connectivity index (χ3v) is 3.20. The van der Waals surface area contributed by atoms with E-state index in [2.05, 4.69) is 4.74 Å². The lowest BCUT2D eigenvalue weighted by Gasteiger charge is -2.29. The number of amides is 1. The minimum atomic E-state index is -0.938. The molecule has 1 aromatic rings. The molecule has 1 fully saturated rings. The van der Waals surface area contributed by atoms with Gasteiger partial charge in [0.1, 0.15) is 6.17 Å². The lowest BCUT2D eigenvalue weighted by molar-refractivity contribution is 0.0597. The van der Waals surface area contributed by atoms with Gasteiger partial charge in [-0.25, -0.2) is 9.18 Å². The van der Waals surface area contributed by atoms with E-state index in [1.54, 1.807) is 12.1 Å². The molecule has 102 valence electrons. The van der Waals surface area contributed by atoms with Crippen LogP contribution in [0, 0.1) is 0 Å². The molecule has 1 aliphatic rings. The van der Waals surface area contributed by atoms with E-state index >= 15 is 0 Å². The van der Waals surface area contributed by atoms with E-state index in [9.17, 15) is 14.0 Å². The first kappa shape index (κ1) is 13.5. The summed E-state index contributed by atoms with van der Waals surface area (Å²) in [5, 5.41) is 0. The first-order valence-corrected chi connectivity index (χ1v) is 6.23. The number of hydrogen-bond donors (Lipinski definition) is 0. The molecule has 2 rings (SSSR count). The molecule has 0 radical (unpaired) electrons. The van der Waals surface area contributed by atoms with Crippen LogP contribution in [0.3, 0.4) is 0 Å². The molecule has 1 heterocycles. The Morgan fingerprint density at radius 1 is 1.26 bits per heavy atom. The van der Waals surface area contributed by atoms with E-state index in [1.807, 2.05) is 0 Å². The van der Waals surface area contributed by atoms with Gasteiger partial charge in [-0.15, -0.1) is 0 Å². The van der Waals surface area contributed by atoms with E-state index in [1.165, 1.54) is 24.1 Å². The number of rotatable bonds is 2. The largest absolute Gasteiger partial charge is 0.465 e. The highest BCUT2D eigenvalue weighted by molar-refractivity contribution is 5.96. The standard InChI is InChI=1S/C14H16FNO3/c1-19-14(18)11-6-4-10(5-7-11)13(17)16-8-2-3-12(15)9-16/h4-7,12H,2-3,8-9H2,1H3. The highest BCUT2D eigenvalue weighted by Crippen LogP contribution is 2.16. The third-order valence-electron chi connectivity index (χ3n) is 3.20. The molecule has 0 bridgehead atoms. The Balaban J connectivity index is 2.09. The van der Waals surface area contributed by atoms with Crippen molar-refractivity contribution in [3.8, 4) is 0 Å².